The lowest BCUT2D eigenvalue weighted by Gasteiger charge is -1.96. The van der Waals surface area contributed by atoms with Crippen LogP contribution in [-0.2, 0) is 11.2 Å². The second-order valence-electron chi connectivity index (χ2n) is 2.16. The van der Waals surface area contributed by atoms with E-state index in [1.165, 1.54) is 12.1 Å². The van der Waals surface area contributed by atoms with Crippen molar-refractivity contribution in [3.63, 3.8) is 0 Å². The molecule has 1 rings (SSSR count). The average molecular weight is 154 g/mol. The fourth-order valence-electron chi connectivity index (χ4n) is 0.781. The standard InChI is InChI=1S/C8H7FO2/c9-7-2-1-6(3-4-10)5-8(7)11/h1-2,4-5,11H,3H2. The number of rotatable bonds is 2. The number of aldehydes is 1. The van der Waals surface area contributed by atoms with Gasteiger partial charge in [0.2, 0.25) is 0 Å². The topological polar surface area (TPSA) is 37.3 Å². The summed E-state index contributed by atoms with van der Waals surface area (Å²) in [7, 11) is 0. The summed E-state index contributed by atoms with van der Waals surface area (Å²) in [6, 6.07) is 3.83. The number of halogens is 1. The Morgan fingerprint density at radius 1 is 1.55 bits per heavy atom. The zero-order valence-electron chi connectivity index (χ0n) is 5.75. The van der Waals surface area contributed by atoms with Gasteiger partial charge < -0.3 is 9.90 Å². The van der Waals surface area contributed by atoms with E-state index in [-0.39, 0.29) is 6.42 Å². The Bertz CT molecular complexity index is 271. The molecule has 0 radical (unpaired) electrons. The van der Waals surface area contributed by atoms with Crippen LogP contribution in [0.2, 0.25) is 0 Å². The Labute approximate surface area is 63.3 Å². The Kier molecular flexibility index (Phi) is 2.21. The van der Waals surface area contributed by atoms with Gasteiger partial charge >= 0.3 is 0 Å². The highest BCUT2D eigenvalue weighted by Crippen LogP contribution is 2.16. The molecule has 0 heterocycles. The Morgan fingerprint density at radius 2 is 2.27 bits per heavy atom. The van der Waals surface area contributed by atoms with Crippen molar-refractivity contribution >= 4 is 6.29 Å². The summed E-state index contributed by atoms with van der Waals surface area (Å²) in [6.45, 7) is 0. The maximum Gasteiger partial charge on any atom is 0.164 e. The van der Waals surface area contributed by atoms with Gasteiger partial charge in [0.15, 0.2) is 11.6 Å². The second-order valence-corrected chi connectivity index (χ2v) is 2.16. The number of carbonyl (C=O) groups is 1. The van der Waals surface area contributed by atoms with Gasteiger partial charge in [-0.05, 0) is 17.7 Å². The summed E-state index contributed by atoms with van der Waals surface area (Å²) in [5.41, 5.74) is 0.610. The number of benzene rings is 1. The van der Waals surface area contributed by atoms with Gasteiger partial charge in [-0.2, -0.15) is 0 Å². The van der Waals surface area contributed by atoms with Crippen molar-refractivity contribution in [2.24, 2.45) is 0 Å². The van der Waals surface area contributed by atoms with Gasteiger partial charge in [0.1, 0.15) is 6.29 Å². The molecular weight excluding hydrogens is 147 g/mol. The third-order valence-electron chi connectivity index (χ3n) is 1.33. The Morgan fingerprint density at radius 3 is 2.82 bits per heavy atom. The minimum absolute atomic E-state index is 0.202. The fourth-order valence-corrected chi connectivity index (χ4v) is 0.781. The van der Waals surface area contributed by atoms with Crippen molar-refractivity contribution in [2.75, 3.05) is 0 Å². The van der Waals surface area contributed by atoms with Gasteiger partial charge in [-0.1, -0.05) is 6.07 Å². The van der Waals surface area contributed by atoms with Crippen molar-refractivity contribution < 1.29 is 14.3 Å². The number of phenols is 1. The smallest absolute Gasteiger partial charge is 0.164 e. The van der Waals surface area contributed by atoms with Crippen molar-refractivity contribution in [2.45, 2.75) is 6.42 Å². The molecule has 0 aliphatic rings. The summed E-state index contributed by atoms with van der Waals surface area (Å²) < 4.78 is 12.4. The highest BCUT2D eigenvalue weighted by atomic mass is 19.1. The molecule has 58 valence electrons. The average Bonchev–Trinajstić information content (AvgIpc) is 1.98. The molecule has 0 aliphatic heterocycles. The van der Waals surface area contributed by atoms with Crippen molar-refractivity contribution in [1.29, 1.82) is 0 Å². The molecule has 0 aromatic heterocycles. The van der Waals surface area contributed by atoms with E-state index < -0.39 is 11.6 Å². The number of aromatic hydroxyl groups is 1. The van der Waals surface area contributed by atoms with Gasteiger partial charge in [0.05, 0.1) is 0 Å². The first kappa shape index (κ1) is 7.72. The number of phenolic OH excluding ortho intramolecular Hbond substituents is 1. The monoisotopic (exact) mass is 154 g/mol. The first-order chi connectivity index (χ1) is 5.24. The number of carbonyl (C=O) groups excluding carboxylic acids is 1. The van der Waals surface area contributed by atoms with Crippen molar-refractivity contribution in [3.8, 4) is 5.75 Å². The normalized spacial score (nSPS) is 9.55. The van der Waals surface area contributed by atoms with E-state index in [4.69, 9.17) is 5.11 Å². The molecule has 0 atom stereocenters. The molecule has 0 unspecified atom stereocenters. The second kappa shape index (κ2) is 3.14. The number of hydrogen-bond acceptors (Lipinski definition) is 2. The van der Waals surface area contributed by atoms with Gasteiger partial charge in [0, 0.05) is 6.42 Å². The van der Waals surface area contributed by atoms with Gasteiger partial charge in [-0.15, -0.1) is 0 Å². The van der Waals surface area contributed by atoms with E-state index in [9.17, 15) is 9.18 Å². The minimum atomic E-state index is -0.667. The molecule has 2 nitrogen and oxygen atoms in total. The molecule has 1 N–H and O–H groups in total. The zero-order chi connectivity index (χ0) is 8.27. The van der Waals surface area contributed by atoms with Crippen LogP contribution in [0.25, 0.3) is 0 Å². The maximum atomic E-state index is 12.4. The highest BCUT2D eigenvalue weighted by Gasteiger charge is 1.99. The first-order valence-electron chi connectivity index (χ1n) is 3.15. The maximum absolute atomic E-state index is 12.4. The van der Waals surface area contributed by atoms with E-state index >= 15 is 0 Å². The lowest BCUT2D eigenvalue weighted by Crippen LogP contribution is -1.86. The molecule has 1 aromatic carbocycles. The van der Waals surface area contributed by atoms with E-state index in [0.717, 1.165) is 6.07 Å². The van der Waals surface area contributed by atoms with Crippen LogP contribution < -0.4 is 0 Å². The summed E-state index contributed by atoms with van der Waals surface area (Å²) in [5, 5.41) is 8.84. The van der Waals surface area contributed by atoms with Crippen LogP contribution in [0.1, 0.15) is 5.56 Å². The number of hydrogen-bond donors (Lipinski definition) is 1. The van der Waals surface area contributed by atoms with Crippen molar-refractivity contribution in [1.82, 2.24) is 0 Å². The molecule has 1 aromatic rings. The molecular formula is C8H7FO2. The molecule has 0 bridgehead atoms. The molecule has 0 saturated carbocycles. The van der Waals surface area contributed by atoms with Crippen LogP contribution in [0.3, 0.4) is 0 Å². The lowest BCUT2D eigenvalue weighted by atomic mass is 10.1. The SMILES string of the molecule is O=CCc1ccc(F)c(O)c1. The van der Waals surface area contributed by atoms with Crippen LogP contribution in [0.5, 0.6) is 5.75 Å². The van der Waals surface area contributed by atoms with Crippen LogP contribution in [0.15, 0.2) is 18.2 Å². The lowest BCUT2D eigenvalue weighted by molar-refractivity contribution is -0.107. The van der Waals surface area contributed by atoms with Crippen molar-refractivity contribution in [3.05, 3.63) is 29.6 Å². The summed E-state index contributed by atoms with van der Waals surface area (Å²) >= 11 is 0. The minimum Gasteiger partial charge on any atom is -0.505 e. The first-order valence-corrected chi connectivity index (χ1v) is 3.15. The summed E-state index contributed by atoms with van der Waals surface area (Å²) in [4.78, 5) is 10.00. The van der Waals surface area contributed by atoms with Crippen LogP contribution in [0.4, 0.5) is 4.39 Å². The van der Waals surface area contributed by atoms with Crippen LogP contribution in [-0.4, -0.2) is 11.4 Å². The van der Waals surface area contributed by atoms with E-state index in [2.05, 4.69) is 0 Å². The Hall–Kier alpha value is -1.38. The van der Waals surface area contributed by atoms with Gasteiger partial charge in [-0.25, -0.2) is 4.39 Å². The van der Waals surface area contributed by atoms with E-state index in [0.29, 0.717) is 11.8 Å². The highest BCUT2D eigenvalue weighted by molar-refractivity contribution is 5.55. The molecule has 0 aliphatic carbocycles. The van der Waals surface area contributed by atoms with Crippen LogP contribution in [0, 0.1) is 5.82 Å². The molecule has 0 spiro atoms. The van der Waals surface area contributed by atoms with Gasteiger partial charge in [-0.3, -0.25) is 0 Å². The zero-order valence-corrected chi connectivity index (χ0v) is 5.75. The quantitative estimate of drug-likeness (QED) is 0.651. The molecule has 0 saturated heterocycles. The third-order valence-corrected chi connectivity index (χ3v) is 1.33. The molecule has 0 fully saturated rings. The van der Waals surface area contributed by atoms with Crippen LogP contribution >= 0.6 is 0 Å². The largest absolute Gasteiger partial charge is 0.505 e. The molecule has 3 heteroatoms. The third kappa shape index (κ3) is 1.77. The summed E-state index contributed by atoms with van der Waals surface area (Å²) in [6.07, 6.45) is 0.903. The fraction of sp³-hybridized carbons (Fsp3) is 0.125. The predicted molar refractivity (Wildman–Crippen MR) is 37.8 cm³/mol. The van der Waals surface area contributed by atoms with E-state index in [1.54, 1.807) is 0 Å². The summed E-state index contributed by atoms with van der Waals surface area (Å²) in [5.74, 6) is -1.08. The Balaban J connectivity index is 2.95. The van der Waals surface area contributed by atoms with Gasteiger partial charge in [0.25, 0.3) is 0 Å². The molecule has 0 amide bonds. The molecule has 11 heavy (non-hydrogen) atoms. The predicted octanol–water partition coefficient (Wildman–Crippen LogP) is 1.27. The van der Waals surface area contributed by atoms with E-state index in [1.807, 2.05) is 0 Å².